The van der Waals surface area contributed by atoms with Crippen LogP contribution in [0.5, 0.6) is 0 Å². The summed E-state index contributed by atoms with van der Waals surface area (Å²) in [6.45, 7) is 0. The van der Waals surface area contributed by atoms with Crippen molar-refractivity contribution in [3.05, 3.63) is 42.2 Å². The van der Waals surface area contributed by atoms with Gasteiger partial charge >= 0.3 is 0 Å². The van der Waals surface area contributed by atoms with Gasteiger partial charge < -0.3 is 5.32 Å². The fraction of sp³-hybridized carbons (Fsp3) is 0.400. The van der Waals surface area contributed by atoms with Crippen LogP contribution in [0, 0.1) is 0 Å². The molecule has 2 heterocycles. The SMILES string of the molecule is CNC(c1cncc2ccccc12)C1CSCCS1. The maximum atomic E-state index is 4.42. The molecule has 1 fully saturated rings. The van der Waals surface area contributed by atoms with Crippen LogP contribution in [0.2, 0.25) is 0 Å². The minimum Gasteiger partial charge on any atom is -0.312 e. The summed E-state index contributed by atoms with van der Waals surface area (Å²) >= 11 is 4.15. The van der Waals surface area contributed by atoms with E-state index < -0.39 is 0 Å². The maximum absolute atomic E-state index is 4.42. The number of pyridine rings is 1. The number of hydrogen-bond acceptors (Lipinski definition) is 4. The van der Waals surface area contributed by atoms with E-state index in [1.807, 2.05) is 12.4 Å². The van der Waals surface area contributed by atoms with Crippen molar-refractivity contribution in [1.82, 2.24) is 10.3 Å². The van der Waals surface area contributed by atoms with Crippen molar-refractivity contribution in [3.63, 3.8) is 0 Å². The van der Waals surface area contributed by atoms with Gasteiger partial charge in [-0.2, -0.15) is 23.5 Å². The third kappa shape index (κ3) is 2.76. The average Bonchev–Trinajstić information content (AvgIpc) is 2.49. The Hall–Kier alpha value is -0.710. The lowest BCUT2D eigenvalue weighted by Crippen LogP contribution is -2.31. The van der Waals surface area contributed by atoms with Crippen LogP contribution < -0.4 is 5.32 Å². The van der Waals surface area contributed by atoms with Crippen LogP contribution in [0.15, 0.2) is 36.7 Å². The van der Waals surface area contributed by atoms with Gasteiger partial charge in [-0.1, -0.05) is 24.3 Å². The van der Waals surface area contributed by atoms with Crippen molar-refractivity contribution in [2.75, 3.05) is 24.3 Å². The Labute approximate surface area is 122 Å². The van der Waals surface area contributed by atoms with Gasteiger partial charge in [0.25, 0.3) is 0 Å². The van der Waals surface area contributed by atoms with Gasteiger partial charge in [-0.3, -0.25) is 4.98 Å². The van der Waals surface area contributed by atoms with E-state index in [2.05, 4.69) is 65.1 Å². The number of fused-ring (bicyclic) bond motifs is 1. The van der Waals surface area contributed by atoms with E-state index in [1.165, 1.54) is 33.6 Å². The van der Waals surface area contributed by atoms with Gasteiger partial charge in [0.1, 0.15) is 0 Å². The first-order valence-electron chi connectivity index (χ1n) is 6.59. The molecule has 1 N–H and O–H groups in total. The smallest absolute Gasteiger partial charge is 0.0467 e. The molecule has 19 heavy (non-hydrogen) atoms. The zero-order chi connectivity index (χ0) is 13.1. The van der Waals surface area contributed by atoms with Gasteiger partial charge in [-0.05, 0) is 18.0 Å². The molecule has 2 atom stereocenters. The summed E-state index contributed by atoms with van der Waals surface area (Å²) in [5, 5.41) is 6.70. The summed E-state index contributed by atoms with van der Waals surface area (Å²) in [7, 11) is 2.06. The highest BCUT2D eigenvalue weighted by Gasteiger charge is 2.26. The monoisotopic (exact) mass is 290 g/mol. The van der Waals surface area contributed by atoms with Gasteiger partial charge in [0.2, 0.25) is 0 Å². The number of nitrogens with one attached hydrogen (secondary N) is 1. The van der Waals surface area contributed by atoms with Crippen molar-refractivity contribution in [2.45, 2.75) is 11.3 Å². The topological polar surface area (TPSA) is 24.9 Å². The second kappa shape index (κ2) is 6.16. The van der Waals surface area contributed by atoms with E-state index >= 15 is 0 Å². The van der Waals surface area contributed by atoms with E-state index in [0.29, 0.717) is 11.3 Å². The highest BCUT2D eigenvalue weighted by molar-refractivity contribution is 8.06. The molecule has 1 aromatic heterocycles. The lowest BCUT2D eigenvalue weighted by atomic mass is 10.00. The molecule has 1 aromatic carbocycles. The molecule has 2 aromatic rings. The van der Waals surface area contributed by atoms with E-state index in [0.717, 1.165) is 0 Å². The van der Waals surface area contributed by atoms with Gasteiger partial charge in [-0.25, -0.2) is 0 Å². The molecule has 0 radical (unpaired) electrons. The lowest BCUT2D eigenvalue weighted by Gasteiger charge is -2.30. The maximum Gasteiger partial charge on any atom is 0.0467 e. The van der Waals surface area contributed by atoms with E-state index in [-0.39, 0.29) is 0 Å². The Balaban J connectivity index is 2.00. The molecule has 0 bridgehead atoms. The van der Waals surface area contributed by atoms with Gasteiger partial charge in [0.05, 0.1) is 0 Å². The molecule has 0 aliphatic carbocycles. The van der Waals surface area contributed by atoms with Crippen molar-refractivity contribution >= 4 is 34.3 Å². The predicted octanol–water partition coefficient (Wildman–Crippen LogP) is 3.34. The molecule has 100 valence electrons. The van der Waals surface area contributed by atoms with Crippen molar-refractivity contribution in [3.8, 4) is 0 Å². The number of aromatic nitrogens is 1. The second-order valence-electron chi connectivity index (χ2n) is 4.70. The van der Waals surface area contributed by atoms with Crippen LogP contribution in [0.1, 0.15) is 11.6 Å². The molecule has 2 unspecified atom stereocenters. The number of rotatable bonds is 3. The first-order valence-corrected chi connectivity index (χ1v) is 8.80. The van der Waals surface area contributed by atoms with Crippen LogP contribution in [-0.4, -0.2) is 34.5 Å². The van der Waals surface area contributed by atoms with Crippen molar-refractivity contribution < 1.29 is 0 Å². The average molecular weight is 290 g/mol. The molecule has 3 rings (SSSR count). The molecular formula is C15H18N2S2. The third-order valence-electron chi connectivity index (χ3n) is 3.56. The van der Waals surface area contributed by atoms with Crippen LogP contribution in [-0.2, 0) is 0 Å². The standard InChI is InChI=1S/C15H18N2S2/c1-16-15(14-10-18-6-7-19-14)13-9-17-8-11-4-2-3-5-12(11)13/h2-5,8-9,14-16H,6-7,10H2,1H3. The van der Waals surface area contributed by atoms with Gasteiger partial charge in [0.15, 0.2) is 0 Å². The van der Waals surface area contributed by atoms with Crippen LogP contribution in [0.3, 0.4) is 0 Å². The zero-order valence-electron chi connectivity index (χ0n) is 11.0. The minimum absolute atomic E-state index is 0.386. The highest BCUT2D eigenvalue weighted by Crippen LogP contribution is 2.35. The summed E-state index contributed by atoms with van der Waals surface area (Å²) in [5.41, 5.74) is 1.33. The zero-order valence-corrected chi connectivity index (χ0v) is 12.6. The third-order valence-corrected chi connectivity index (χ3v) is 6.42. The minimum atomic E-state index is 0.386. The second-order valence-corrected chi connectivity index (χ2v) is 7.20. The van der Waals surface area contributed by atoms with Crippen LogP contribution >= 0.6 is 23.5 Å². The van der Waals surface area contributed by atoms with Gasteiger partial charge in [0, 0.05) is 46.3 Å². The molecule has 1 aliphatic heterocycles. The molecule has 1 saturated heterocycles. The van der Waals surface area contributed by atoms with Crippen molar-refractivity contribution in [2.24, 2.45) is 0 Å². The summed E-state index contributed by atoms with van der Waals surface area (Å²) in [5.74, 6) is 3.76. The number of thioether (sulfide) groups is 2. The Morgan fingerprint density at radius 3 is 2.95 bits per heavy atom. The molecular weight excluding hydrogens is 272 g/mol. The largest absolute Gasteiger partial charge is 0.312 e. The highest BCUT2D eigenvalue weighted by atomic mass is 32.2. The molecule has 1 aliphatic rings. The summed E-state index contributed by atoms with van der Waals surface area (Å²) < 4.78 is 0. The van der Waals surface area contributed by atoms with Gasteiger partial charge in [-0.15, -0.1) is 0 Å². The summed E-state index contributed by atoms with van der Waals surface area (Å²) in [4.78, 5) is 4.42. The Morgan fingerprint density at radius 1 is 1.26 bits per heavy atom. The first kappa shape index (κ1) is 13.3. The van der Waals surface area contributed by atoms with Crippen LogP contribution in [0.25, 0.3) is 10.8 Å². The molecule has 0 amide bonds. The van der Waals surface area contributed by atoms with Crippen LogP contribution in [0.4, 0.5) is 0 Å². The first-order chi connectivity index (χ1) is 9.40. The van der Waals surface area contributed by atoms with E-state index in [1.54, 1.807) is 0 Å². The Kier molecular flexibility index (Phi) is 4.31. The molecule has 0 spiro atoms. The Morgan fingerprint density at radius 2 is 2.16 bits per heavy atom. The van der Waals surface area contributed by atoms with E-state index in [4.69, 9.17) is 0 Å². The number of benzene rings is 1. The van der Waals surface area contributed by atoms with E-state index in [9.17, 15) is 0 Å². The Bertz CT molecular complexity index is 547. The fourth-order valence-corrected chi connectivity index (χ4v) is 5.53. The summed E-state index contributed by atoms with van der Waals surface area (Å²) in [6.07, 6.45) is 3.98. The molecule has 4 heteroatoms. The quantitative estimate of drug-likeness (QED) is 0.937. The molecule has 2 nitrogen and oxygen atoms in total. The number of nitrogens with zero attached hydrogens (tertiary/aromatic N) is 1. The number of hydrogen-bond donors (Lipinski definition) is 1. The van der Waals surface area contributed by atoms with Crippen molar-refractivity contribution in [1.29, 1.82) is 0 Å². The fourth-order valence-electron chi connectivity index (χ4n) is 2.63. The molecule has 0 saturated carbocycles. The normalized spacial score (nSPS) is 21.4. The predicted molar refractivity (Wildman–Crippen MR) is 87.1 cm³/mol. The summed E-state index contributed by atoms with van der Waals surface area (Å²) in [6, 6.07) is 8.92. The lowest BCUT2D eigenvalue weighted by molar-refractivity contribution is 0.595.